The summed E-state index contributed by atoms with van der Waals surface area (Å²) in [5.74, 6) is -0.00658. The zero-order valence-electron chi connectivity index (χ0n) is 11.1. The molecular formula is C13H18N2O4. The summed E-state index contributed by atoms with van der Waals surface area (Å²) in [6.45, 7) is 3.35. The van der Waals surface area contributed by atoms with Gasteiger partial charge in [-0.25, -0.2) is 4.99 Å². The third-order valence-corrected chi connectivity index (χ3v) is 1.97. The molecule has 6 nitrogen and oxygen atoms in total. The van der Waals surface area contributed by atoms with E-state index < -0.39 is 0 Å². The maximum atomic E-state index is 10.9. The third kappa shape index (κ3) is 7.54. The molecule has 0 saturated carbocycles. The molecule has 0 amide bonds. The monoisotopic (exact) mass is 266 g/mol. The number of nitrogens with zero attached hydrogens (tertiary/aromatic N) is 2. The van der Waals surface area contributed by atoms with Crippen LogP contribution in [0, 0.1) is 0 Å². The van der Waals surface area contributed by atoms with Crippen molar-refractivity contribution in [3.05, 3.63) is 36.4 Å². The first-order valence-electron chi connectivity index (χ1n) is 5.50. The van der Waals surface area contributed by atoms with Crippen molar-refractivity contribution in [2.45, 2.75) is 12.8 Å². The van der Waals surface area contributed by atoms with Crippen molar-refractivity contribution < 1.29 is 19.4 Å². The average molecular weight is 266 g/mol. The molecular weight excluding hydrogens is 248 g/mol. The van der Waals surface area contributed by atoms with Crippen LogP contribution in [0.4, 0.5) is 0 Å². The first-order chi connectivity index (χ1) is 9.19. The molecule has 0 radical (unpaired) electrons. The Morgan fingerprint density at radius 1 is 1.37 bits per heavy atom. The Morgan fingerprint density at radius 3 is 2.63 bits per heavy atom. The van der Waals surface area contributed by atoms with E-state index in [0.717, 1.165) is 6.26 Å². The standard InChI is InChI=1S/C13H18N2O4/c1-14-10-11(13(19-3)15-8-9-16)6-4-5-7-12(17)18-2/h4,6,8-10,16H,1,5,7H2,2-3H3/b6-4+,9-8+,11-10-,15-13-. The summed E-state index contributed by atoms with van der Waals surface area (Å²) in [6.07, 6.45) is 7.71. The number of ether oxygens (including phenoxy) is 2. The fraction of sp³-hybridized carbons (Fsp3) is 0.308. The van der Waals surface area contributed by atoms with E-state index in [9.17, 15) is 4.79 Å². The number of rotatable bonds is 7. The number of esters is 1. The highest BCUT2D eigenvalue weighted by atomic mass is 16.5. The maximum Gasteiger partial charge on any atom is 0.305 e. The van der Waals surface area contributed by atoms with Gasteiger partial charge in [0.15, 0.2) is 0 Å². The van der Waals surface area contributed by atoms with Crippen molar-refractivity contribution in [3.63, 3.8) is 0 Å². The first-order valence-corrected chi connectivity index (χ1v) is 5.50. The molecule has 0 spiro atoms. The van der Waals surface area contributed by atoms with Gasteiger partial charge in [0.25, 0.3) is 0 Å². The minimum Gasteiger partial charge on any atom is -0.514 e. The van der Waals surface area contributed by atoms with Crippen molar-refractivity contribution >= 4 is 18.6 Å². The molecule has 0 bridgehead atoms. The summed E-state index contributed by atoms with van der Waals surface area (Å²) in [7, 11) is 2.79. The van der Waals surface area contributed by atoms with Gasteiger partial charge in [0.2, 0.25) is 5.90 Å². The first kappa shape index (κ1) is 16.6. The molecule has 0 atom stereocenters. The van der Waals surface area contributed by atoms with Crippen LogP contribution >= 0.6 is 0 Å². The van der Waals surface area contributed by atoms with Crippen molar-refractivity contribution in [3.8, 4) is 0 Å². The minimum absolute atomic E-state index is 0.270. The van der Waals surface area contributed by atoms with E-state index in [1.807, 2.05) is 0 Å². The number of carbonyl (C=O) groups excluding carboxylic acids is 1. The van der Waals surface area contributed by atoms with E-state index in [1.165, 1.54) is 26.6 Å². The van der Waals surface area contributed by atoms with Gasteiger partial charge in [0, 0.05) is 12.6 Å². The largest absolute Gasteiger partial charge is 0.514 e. The SMILES string of the molecule is C=N/C=C(/C=C/CCC(=O)OC)C(=N\C=C\O)\OC. The molecule has 0 fully saturated rings. The number of aliphatic imine (C=N–C) groups is 2. The zero-order chi connectivity index (χ0) is 14.5. The van der Waals surface area contributed by atoms with Gasteiger partial charge in [-0.1, -0.05) is 12.2 Å². The quantitative estimate of drug-likeness (QED) is 0.252. The summed E-state index contributed by atoms with van der Waals surface area (Å²) in [4.78, 5) is 18.4. The van der Waals surface area contributed by atoms with E-state index in [2.05, 4.69) is 21.4 Å². The molecule has 6 heteroatoms. The predicted molar refractivity (Wildman–Crippen MR) is 74.2 cm³/mol. The molecule has 0 saturated heterocycles. The summed E-state index contributed by atoms with van der Waals surface area (Å²) >= 11 is 0. The summed E-state index contributed by atoms with van der Waals surface area (Å²) in [5.41, 5.74) is 0.570. The Labute approximate surface area is 112 Å². The lowest BCUT2D eigenvalue weighted by atomic mass is 10.2. The molecule has 0 unspecified atom stereocenters. The number of aliphatic hydroxyl groups excluding tert-OH is 1. The molecule has 0 aliphatic carbocycles. The van der Waals surface area contributed by atoms with E-state index in [1.54, 1.807) is 12.2 Å². The van der Waals surface area contributed by atoms with Gasteiger partial charge in [-0.3, -0.25) is 9.79 Å². The van der Waals surface area contributed by atoms with Gasteiger partial charge in [-0.05, 0) is 13.1 Å². The average Bonchev–Trinajstić information content (AvgIpc) is 2.43. The molecule has 0 aliphatic rings. The lowest BCUT2D eigenvalue weighted by Gasteiger charge is -2.03. The maximum absolute atomic E-state index is 10.9. The van der Waals surface area contributed by atoms with Crippen LogP contribution in [0.2, 0.25) is 0 Å². The zero-order valence-corrected chi connectivity index (χ0v) is 11.1. The van der Waals surface area contributed by atoms with Gasteiger partial charge >= 0.3 is 5.97 Å². The van der Waals surface area contributed by atoms with Crippen molar-refractivity contribution in [1.29, 1.82) is 0 Å². The van der Waals surface area contributed by atoms with E-state index in [-0.39, 0.29) is 18.3 Å². The van der Waals surface area contributed by atoms with Crippen molar-refractivity contribution in [2.24, 2.45) is 9.98 Å². The van der Waals surface area contributed by atoms with Gasteiger partial charge < -0.3 is 14.6 Å². The van der Waals surface area contributed by atoms with Crippen LogP contribution in [-0.4, -0.2) is 37.9 Å². The van der Waals surface area contributed by atoms with E-state index in [4.69, 9.17) is 9.84 Å². The normalized spacial score (nSPS) is 12.9. The Morgan fingerprint density at radius 2 is 2.11 bits per heavy atom. The summed E-state index contributed by atoms with van der Waals surface area (Å²) in [6, 6.07) is 0. The fourth-order valence-electron chi connectivity index (χ4n) is 1.13. The lowest BCUT2D eigenvalue weighted by molar-refractivity contribution is -0.140. The molecule has 0 aromatic carbocycles. The Bertz CT molecular complexity index is 409. The molecule has 104 valence electrons. The molecule has 1 N–H and O–H groups in total. The fourth-order valence-corrected chi connectivity index (χ4v) is 1.13. The highest BCUT2D eigenvalue weighted by molar-refractivity contribution is 5.96. The number of aliphatic hydroxyl groups is 1. The van der Waals surface area contributed by atoms with Crippen LogP contribution < -0.4 is 0 Å². The van der Waals surface area contributed by atoms with Crippen molar-refractivity contribution in [1.82, 2.24) is 0 Å². The number of carbonyl (C=O) groups is 1. The van der Waals surface area contributed by atoms with Crippen LogP contribution in [0.15, 0.2) is 46.4 Å². The van der Waals surface area contributed by atoms with Crippen molar-refractivity contribution in [2.75, 3.05) is 14.2 Å². The molecule has 0 heterocycles. The molecule has 0 aliphatic heterocycles. The van der Waals surface area contributed by atoms with Gasteiger partial charge in [0.1, 0.15) is 0 Å². The summed E-state index contributed by atoms with van der Waals surface area (Å²) < 4.78 is 9.58. The minimum atomic E-state index is -0.277. The van der Waals surface area contributed by atoms with Crippen LogP contribution in [0.3, 0.4) is 0 Å². The van der Waals surface area contributed by atoms with Crippen LogP contribution in [-0.2, 0) is 14.3 Å². The topological polar surface area (TPSA) is 80.5 Å². The summed E-state index contributed by atoms with van der Waals surface area (Å²) in [5, 5.41) is 8.56. The number of hydrogen-bond acceptors (Lipinski definition) is 6. The molecule has 0 aromatic heterocycles. The Hall–Kier alpha value is -2.37. The number of hydrogen-bond donors (Lipinski definition) is 1. The van der Waals surface area contributed by atoms with Gasteiger partial charge in [-0.2, -0.15) is 0 Å². The highest BCUT2D eigenvalue weighted by Crippen LogP contribution is 2.05. The van der Waals surface area contributed by atoms with E-state index >= 15 is 0 Å². The second-order valence-corrected chi connectivity index (χ2v) is 3.22. The van der Waals surface area contributed by atoms with Crippen LogP contribution in [0.5, 0.6) is 0 Å². The van der Waals surface area contributed by atoms with E-state index in [0.29, 0.717) is 12.0 Å². The Kier molecular flexibility index (Phi) is 9.42. The Balaban J connectivity index is 4.74. The van der Waals surface area contributed by atoms with Crippen LogP contribution in [0.25, 0.3) is 0 Å². The highest BCUT2D eigenvalue weighted by Gasteiger charge is 2.03. The lowest BCUT2D eigenvalue weighted by Crippen LogP contribution is -2.03. The second-order valence-electron chi connectivity index (χ2n) is 3.22. The molecule has 0 rings (SSSR count). The number of methoxy groups -OCH3 is 2. The predicted octanol–water partition coefficient (Wildman–Crippen LogP) is 2.15. The van der Waals surface area contributed by atoms with Gasteiger partial charge in [0.05, 0.1) is 32.3 Å². The number of allylic oxidation sites excluding steroid dienone is 1. The third-order valence-electron chi connectivity index (χ3n) is 1.97. The van der Waals surface area contributed by atoms with Crippen LogP contribution in [0.1, 0.15) is 12.8 Å². The molecule has 0 aromatic rings. The second kappa shape index (κ2) is 10.8. The molecule has 19 heavy (non-hydrogen) atoms. The smallest absolute Gasteiger partial charge is 0.305 e. The van der Waals surface area contributed by atoms with Gasteiger partial charge in [-0.15, -0.1) is 0 Å².